The summed E-state index contributed by atoms with van der Waals surface area (Å²) in [6, 6.07) is 2.01. The molecule has 0 heterocycles. The van der Waals surface area contributed by atoms with E-state index in [-0.39, 0.29) is 0 Å². The monoisotopic (exact) mass is 402 g/mol. The van der Waals surface area contributed by atoms with E-state index < -0.39 is 46.7 Å². The van der Waals surface area contributed by atoms with Gasteiger partial charge < -0.3 is 60.3 Å². The van der Waals surface area contributed by atoms with Crippen LogP contribution in [0.25, 0.3) is 0 Å². The molecule has 0 spiro atoms. The predicted octanol–water partition coefficient (Wildman–Crippen LogP) is -7.31. The van der Waals surface area contributed by atoms with Crippen LogP contribution in [0.1, 0.15) is 0 Å². The number of halogens is 3. The molecule has 12 N–H and O–H groups in total. The van der Waals surface area contributed by atoms with Crippen molar-refractivity contribution < 1.29 is 73.5 Å². The van der Waals surface area contributed by atoms with Gasteiger partial charge >= 0.3 is 103 Å². The number of hydrogen-bond donors (Lipinski definition) is 12. The Hall–Kier alpha value is -0.210. The summed E-state index contributed by atoms with van der Waals surface area (Å²) in [4.78, 5) is 0. The summed E-state index contributed by atoms with van der Waals surface area (Å²) in [5.41, 5.74) is 0. The summed E-state index contributed by atoms with van der Waals surface area (Å²) in [7, 11) is -8.67. The van der Waals surface area contributed by atoms with Gasteiger partial charge in [-0.3, -0.25) is 0 Å². The first-order valence-electron chi connectivity index (χ1n) is 5.82. The van der Waals surface area contributed by atoms with Gasteiger partial charge in [-0.15, -0.1) is 0 Å². The van der Waals surface area contributed by atoms with Gasteiger partial charge in [0.2, 0.25) is 0 Å². The summed E-state index contributed by atoms with van der Waals surface area (Å²) in [5.74, 6) is -3.60. The van der Waals surface area contributed by atoms with Crippen LogP contribution in [0.3, 0.4) is 0 Å². The molecule has 0 saturated heterocycles. The Balaban J connectivity index is -0.000000129. The van der Waals surface area contributed by atoms with Gasteiger partial charge in [-0.25, -0.2) is 0 Å². The molecule has 12 nitrogen and oxygen atoms in total. The van der Waals surface area contributed by atoms with Crippen molar-refractivity contribution in [2.75, 3.05) is 0 Å². The second kappa shape index (κ2) is 21.1. The molecule has 0 aliphatic carbocycles. The second-order valence-electron chi connectivity index (χ2n) is 3.43. The molecule has 0 radical (unpaired) electrons. The molecule has 0 unspecified atom stereocenters. The van der Waals surface area contributed by atoms with Gasteiger partial charge in [-0.1, -0.05) is 0 Å². The van der Waals surface area contributed by atoms with Gasteiger partial charge in [-0.05, 0) is 0 Å². The van der Waals surface area contributed by atoms with Crippen molar-refractivity contribution in [1.29, 1.82) is 0 Å². The van der Waals surface area contributed by atoms with E-state index in [4.69, 9.17) is 60.3 Å². The van der Waals surface area contributed by atoms with Gasteiger partial charge in [0, 0.05) is 0 Å². The first-order chi connectivity index (χ1) is 11.5. The summed E-state index contributed by atoms with van der Waals surface area (Å²) in [6.07, 6.45) is 0. The van der Waals surface area contributed by atoms with Crippen molar-refractivity contribution in [3.05, 3.63) is 29.6 Å². The molecule has 1 aromatic carbocycles. The molecule has 1 aromatic rings. The zero-order valence-corrected chi connectivity index (χ0v) is 15.0. The maximum absolute atomic E-state index is 12.2. The standard InChI is InChI=1S/C6H2F3.4BH3O3.Na/c7-4-2-1-3-5(8)6(4)9;4*2-1(3)4;/h2-3H;4*2-4H;. The zero-order chi connectivity index (χ0) is 22.0. The first kappa shape index (κ1) is 33.4. The SMILES string of the molecule is Fc1c[c]([Na])cc(F)c1F.OB(O)O.OB(O)O.OB(O)O.OB(O)O. The molecule has 1 rings (SSSR count). The molecule has 0 aliphatic heterocycles. The molecule has 0 aromatic heterocycles. The Kier molecular flexibility index (Phi) is 27.1. The van der Waals surface area contributed by atoms with Crippen molar-refractivity contribution in [3.63, 3.8) is 0 Å². The van der Waals surface area contributed by atoms with E-state index in [0.717, 1.165) is 12.1 Å². The van der Waals surface area contributed by atoms with Crippen LogP contribution in [0.2, 0.25) is 0 Å². The van der Waals surface area contributed by atoms with Crippen LogP contribution in [0.5, 0.6) is 0 Å². The van der Waals surface area contributed by atoms with Crippen LogP contribution in [0.15, 0.2) is 12.1 Å². The minimum Gasteiger partial charge on any atom is -0.402 e. The van der Waals surface area contributed by atoms with Crippen molar-refractivity contribution in [3.8, 4) is 0 Å². The topological polar surface area (TPSA) is 243 Å². The molecule has 0 fully saturated rings. The minimum absolute atomic E-state index is 0.511. The fourth-order valence-corrected chi connectivity index (χ4v) is 1.19. The van der Waals surface area contributed by atoms with E-state index in [1.54, 1.807) is 0 Å². The molecule has 0 bridgehead atoms. The van der Waals surface area contributed by atoms with E-state index in [1.165, 1.54) is 0 Å². The van der Waals surface area contributed by atoms with E-state index in [0.29, 0.717) is 30.7 Å². The van der Waals surface area contributed by atoms with Crippen molar-refractivity contribution in [2.45, 2.75) is 0 Å². The average molecular weight is 401 g/mol. The van der Waals surface area contributed by atoms with Crippen LogP contribution < -0.4 is 2.81 Å². The summed E-state index contributed by atoms with van der Waals surface area (Å²) in [6.45, 7) is 0. The Labute approximate surface area is 163 Å². The molecule has 0 atom stereocenters. The Morgan fingerprint density at radius 1 is 0.538 bits per heavy atom. The van der Waals surface area contributed by atoms with Crippen molar-refractivity contribution in [2.24, 2.45) is 0 Å². The van der Waals surface area contributed by atoms with Crippen LogP contribution in [0.4, 0.5) is 13.2 Å². The van der Waals surface area contributed by atoms with Crippen LogP contribution in [0, 0.1) is 17.5 Å². The largest absolute Gasteiger partial charge is 0.631 e. The third-order valence-electron chi connectivity index (χ3n) is 1.13. The number of benzene rings is 1. The van der Waals surface area contributed by atoms with Gasteiger partial charge in [0.15, 0.2) is 0 Å². The maximum atomic E-state index is 12.2. The average Bonchev–Trinajstić information content (AvgIpc) is 2.32. The summed E-state index contributed by atoms with van der Waals surface area (Å²) in [5, 5.41) is 86.0. The maximum Gasteiger partial charge on any atom is 0.631 e. The van der Waals surface area contributed by atoms with E-state index in [2.05, 4.69) is 0 Å². The first-order valence-corrected chi connectivity index (χ1v) is 6.82. The molecule has 20 heteroatoms. The summed E-state index contributed by atoms with van der Waals surface area (Å²) >= 11 is 0.522. The van der Waals surface area contributed by atoms with Crippen molar-refractivity contribution >= 4 is 60.0 Å². The Morgan fingerprint density at radius 2 is 0.692 bits per heavy atom. The molecular weight excluding hydrogens is 387 g/mol. The minimum atomic E-state index is -2.17. The van der Waals surface area contributed by atoms with Gasteiger partial charge in [0.05, 0.1) is 0 Å². The molecule has 144 valence electrons. The van der Waals surface area contributed by atoms with E-state index in [1.807, 2.05) is 0 Å². The number of rotatable bonds is 0. The third-order valence-corrected chi connectivity index (χ3v) is 1.71. The normalized spacial score (nSPS) is 8.04. The molecule has 0 saturated carbocycles. The van der Waals surface area contributed by atoms with E-state index >= 15 is 0 Å². The van der Waals surface area contributed by atoms with Crippen LogP contribution >= 0.6 is 0 Å². The smallest absolute Gasteiger partial charge is 0.402 e. The van der Waals surface area contributed by atoms with Gasteiger partial charge in [0.1, 0.15) is 0 Å². The Bertz CT molecular complexity index is 387. The van der Waals surface area contributed by atoms with Crippen molar-refractivity contribution in [1.82, 2.24) is 0 Å². The van der Waals surface area contributed by atoms with Crippen LogP contribution in [-0.2, 0) is 0 Å². The van der Waals surface area contributed by atoms with Gasteiger partial charge in [-0.2, -0.15) is 0 Å². The summed E-state index contributed by atoms with van der Waals surface area (Å²) < 4.78 is 37.2. The fraction of sp³-hybridized carbons (Fsp3) is 0. The predicted molar refractivity (Wildman–Crippen MR) is 81.3 cm³/mol. The Morgan fingerprint density at radius 3 is 0.846 bits per heavy atom. The quantitative estimate of drug-likeness (QED) is 0.143. The van der Waals surface area contributed by atoms with Crippen LogP contribution in [-0.4, -0.2) is 118 Å². The van der Waals surface area contributed by atoms with Gasteiger partial charge in [0.25, 0.3) is 0 Å². The molecular formula is C6H14B4F3NaO12. The molecule has 0 amide bonds. The second-order valence-corrected chi connectivity index (χ2v) is 4.58. The fourth-order valence-electron chi connectivity index (χ4n) is 0.682. The zero-order valence-electron chi connectivity index (χ0n) is 13.0. The third kappa shape index (κ3) is 49.6. The molecule has 0 aliphatic rings. The number of hydrogen-bond acceptors (Lipinski definition) is 12. The van der Waals surface area contributed by atoms with E-state index in [9.17, 15) is 13.2 Å². The molecule has 26 heavy (non-hydrogen) atoms.